The van der Waals surface area contributed by atoms with Gasteiger partial charge in [-0.2, -0.15) is 0 Å². The van der Waals surface area contributed by atoms with E-state index >= 15 is 0 Å². The molecule has 172 valence electrons. The Morgan fingerprint density at radius 2 is 2.22 bits per heavy atom. The number of rotatable bonds is 7. The Balaban J connectivity index is 1.43. The largest absolute Gasteiger partial charge is 0.441 e. The molecule has 2 aromatic rings. The van der Waals surface area contributed by atoms with Gasteiger partial charge in [-0.3, -0.25) is 0 Å². The first kappa shape index (κ1) is 22.6. The number of amides is 1. The third-order valence-corrected chi connectivity index (χ3v) is 6.56. The van der Waals surface area contributed by atoms with Gasteiger partial charge in [0.2, 0.25) is 0 Å². The lowest BCUT2D eigenvalue weighted by atomic mass is 9.77. The molecule has 0 N–H and O–H groups in total. The van der Waals surface area contributed by atoms with Crippen molar-refractivity contribution in [1.29, 1.82) is 0 Å². The smallest absolute Gasteiger partial charge is 0.410 e. The molecule has 1 saturated heterocycles. The molecule has 1 aromatic heterocycles. The van der Waals surface area contributed by atoms with Crippen LogP contribution in [0.3, 0.4) is 0 Å². The highest BCUT2D eigenvalue weighted by molar-refractivity contribution is 5.79. The number of hydrogen-bond acceptors (Lipinski definition) is 4. The van der Waals surface area contributed by atoms with Crippen molar-refractivity contribution in [3.05, 3.63) is 35.9 Å². The highest BCUT2D eigenvalue weighted by Gasteiger charge is 2.48. The van der Waals surface area contributed by atoms with Crippen LogP contribution in [0.1, 0.15) is 53.4 Å². The number of benzene rings is 1. The van der Waals surface area contributed by atoms with Gasteiger partial charge in [-0.05, 0) is 57.6 Å². The zero-order valence-corrected chi connectivity index (χ0v) is 19.6. The number of aromatic nitrogens is 2. The Kier molecular flexibility index (Phi) is 6.17. The van der Waals surface area contributed by atoms with E-state index in [1.54, 1.807) is 0 Å². The number of carbonyl (C=O) groups is 1. The fraction of sp³-hybridized carbons (Fsp3) is 0.640. The molecule has 2 fully saturated rings. The molecule has 7 nitrogen and oxygen atoms in total. The molecule has 1 aliphatic heterocycles. The van der Waals surface area contributed by atoms with E-state index in [2.05, 4.69) is 28.2 Å². The summed E-state index contributed by atoms with van der Waals surface area (Å²) in [5, 5.41) is 0. The van der Waals surface area contributed by atoms with Gasteiger partial charge < -0.3 is 18.9 Å². The molecule has 1 spiro atoms. The Morgan fingerprint density at radius 1 is 1.41 bits per heavy atom. The van der Waals surface area contributed by atoms with Crippen molar-refractivity contribution in [1.82, 2.24) is 14.5 Å². The van der Waals surface area contributed by atoms with E-state index < -0.39 is 5.60 Å². The Hall–Kier alpha value is -2.59. The molecule has 0 radical (unpaired) electrons. The molecule has 1 saturated carbocycles. The molecule has 2 heterocycles. The summed E-state index contributed by atoms with van der Waals surface area (Å²) in [4.78, 5) is 22.7. The van der Waals surface area contributed by atoms with Crippen LogP contribution >= 0.6 is 0 Å². The van der Waals surface area contributed by atoms with Crippen LogP contribution in [0.4, 0.5) is 10.5 Å². The van der Waals surface area contributed by atoms with Crippen LogP contribution in [-0.2, 0) is 16.0 Å². The second kappa shape index (κ2) is 8.74. The first-order valence-corrected chi connectivity index (χ1v) is 11.6. The molecule has 0 unspecified atom stereocenters. The number of imidazole rings is 1. The molecule has 32 heavy (non-hydrogen) atoms. The maximum atomic E-state index is 12.8. The normalized spacial score (nSPS) is 23.8. The standard InChI is InChI=1S/C25H34N4O3/c1-18(2)31-16-24(3,4)14-29-15-25(32-23(29)30)10-6-7-19(12-25)13-28-17-27-21-9-8-20(26-5)11-22(21)28/h8-9,11,17-19H,6-7,10,12-16H2,1-4H3/t19-,25-/m0/s1. The summed E-state index contributed by atoms with van der Waals surface area (Å²) in [5.74, 6) is 0.405. The second-order valence-electron chi connectivity index (χ2n) is 10.6. The van der Waals surface area contributed by atoms with Gasteiger partial charge in [0.1, 0.15) is 5.60 Å². The number of hydrogen-bond donors (Lipinski definition) is 0. The van der Waals surface area contributed by atoms with Crippen LogP contribution in [0.25, 0.3) is 15.9 Å². The van der Waals surface area contributed by atoms with E-state index in [9.17, 15) is 4.79 Å². The van der Waals surface area contributed by atoms with Crippen molar-refractivity contribution in [3.8, 4) is 0 Å². The average Bonchev–Trinajstić information content (AvgIpc) is 3.26. The van der Waals surface area contributed by atoms with Gasteiger partial charge in [-0.25, -0.2) is 14.6 Å². The highest BCUT2D eigenvalue weighted by Crippen LogP contribution is 2.41. The Labute approximate surface area is 190 Å². The SMILES string of the molecule is [C-]#[N+]c1ccc2ncn(C[C@H]3CCC[C@]4(C3)CN(CC(C)(C)COC(C)C)C(=O)O4)c2c1. The number of ether oxygens (including phenoxy) is 2. The van der Waals surface area contributed by atoms with Crippen molar-refractivity contribution >= 4 is 22.8 Å². The van der Waals surface area contributed by atoms with E-state index in [0.717, 1.165) is 43.3 Å². The summed E-state index contributed by atoms with van der Waals surface area (Å²) in [6.45, 7) is 18.4. The van der Waals surface area contributed by atoms with Crippen molar-refractivity contribution in [3.63, 3.8) is 0 Å². The molecule has 7 heteroatoms. The lowest BCUT2D eigenvalue weighted by Crippen LogP contribution is -2.43. The summed E-state index contributed by atoms with van der Waals surface area (Å²) in [5.41, 5.74) is 2.01. The monoisotopic (exact) mass is 438 g/mol. The summed E-state index contributed by atoms with van der Waals surface area (Å²) < 4.78 is 14.0. The summed E-state index contributed by atoms with van der Waals surface area (Å²) in [7, 11) is 0. The van der Waals surface area contributed by atoms with Crippen LogP contribution in [0.2, 0.25) is 0 Å². The molecular formula is C25H34N4O3. The van der Waals surface area contributed by atoms with E-state index in [1.807, 2.05) is 43.3 Å². The maximum absolute atomic E-state index is 12.8. The molecule has 1 aliphatic carbocycles. The van der Waals surface area contributed by atoms with E-state index in [-0.39, 0.29) is 17.6 Å². The predicted molar refractivity (Wildman–Crippen MR) is 124 cm³/mol. The average molecular weight is 439 g/mol. The van der Waals surface area contributed by atoms with Crippen LogP contribution in [0, 0.1) is 17.9 Å². The Bertz CT molecular complexity index is 1020. The van der Waals surface area contributed by atoms with Crippen molar-refractivity contribution in [2.75, 3.05) is 19.7 Å². The lowest BCUT2D eigenvalue weighted by Gasteiger charge is -2.36. The van der Waals surface area contributed by atoms with E-state index in [1.165, 1.54) is 0 Å². The minimum absolute atomic E-state index is 0.126. The van der Waals surface area contributed by atoms with Gasteiger partial charge in [0.25, 0.3) is 0 Å². The zero-order valence-electron chi connectivity index (χ0n) is 19.6. The molecule has 1 amide bonds. The lowest BCUT2D eigenvalue weighted by molar-refractivity contribution is 0.00325. The van der Waals surface area contributed by atoms with Gasteiger partial charge in [-0.15, -0.1) is 0 Å². The topological polar surface area (TPSA) is 61.0 Å². The second-order valence-corrected chi connectivity index (χ2v) is 10.6. The Morgan fingerprint density at radius 3 is 2.97 bits per heavy atom. The quantitative estimate of drug-likeness (QED) is 0.542. The number of nitrogens with zero attached hydrogens (tertiary/aromatic N) is 4. The molecular weight excluding hydrogens is 404 g/mol. The van der Waals surface area contributed by atoms with Crippen molar-refractivity contribution < 1.29 is 14.3 Å². The van der Waals surface area contributed by atoms with Gasteiger partial charge in [0.05, 0.1) is 43.2 Å². The first-order chi connectivity index (χ1) is 15.2. The van der Waals surface area contributed by atoms with Gasteiger partial charge in [0.15, 0.2) is 5.69 Å². The minimum Gasteiger partial charge on any atom is -0.441 e. The number of fused-ring (bicyclic) bond motifs is 1. The van der Waals surface area contributed by atoms with Crippen LogP contribution in [-0.4, -0.2) is 51.9 Å². The van der Waals surface area contributed by atoms with E-state index in [0.29, 0.717) is 31.3 Å². The third kappa shape index (κ3) is 4.91. The highest BCUT2D eigenvalue weighted by atomic mass is 16.6. The van der Waals surface area contributed by atoms with Crippen LogP contribution in [0.5, 0.6) is 0 Å². The maximum Gasteiger partial charge on any atom is 0.410 e. The molecule has 0 bridgehead atoms. The predicted octanol–water partition coefficient (Wildman–Crippen LogP) is 5.42. The molecule has 2 atom stereocenters. The van der Waals surface area contributed by atoms with Crippen molar-refractivity contribution in [2.24, 2.45) is 11.3 Å². The fourth-order valence-electron chi connectivity index (χ4n) is 5.14. The molecule has 4 rings (SSSR count). The zero-order chi connectivity index (χ0) is 22.9. The van der Waals surface area contributed by atoms with Gasteiger partial charge in [-0.1, -0.05) is 19.9 Å². The molecule has 1 aromatic carbocycles. The van der Waals surface area contributed by atoms with Crippen LogP contribution < -0.4 is 0 Å². The first-order valence-electron chi connectivity index (χ1n) is 11.6. The third-order valence-electron chi connectivity index (χ3n) is 6.56. The summed E-state index contributed by atoms with van der Waals surface area (Å²) in [6.07, 6.45) is 5.78. The molecule has 2 aliphatic rings. The van der Waals surface area contributed by atoms with E-state index in [4.69, 9.17) is 16.0 Å². The summed E-state index contributed by atoms with van der Waals surface area (Å²) in [6, 6.07) is 5.62. The summed E-state index contributed by atoms with van der Waals surface area (Å²) >= 11 is 0. The van der Waals surface area contributed by atoms with Gasteiger partial charge in [0, 0.05) is 18.5 Å². The van der Waals surface area contributed by atoms with Crippen LogP contribution in [0.15, 0.2) is 24.5 Å². The van der Waals surface area contributed by atoms with Crippen molar-refractivity contribution in [2.45, 2.75) is 71.6 Å². The number of carbonyl (C=O) groups excluding carboxylic acids is 1. The minimum atomic E-state index is -0.396. The fourth-order valence-corrected chi connectivity index (χ4v) is 5.14. The van der Waals surface area contributed by atoms with Gasteiger partial charge >= 0.3 is 6.09 Å².